The molecular weight excluding hydrogens is 428 g/mol. The molecule has 2 unspecified atom stereocenters. The van der Waals surface area contributed by atoms with E-state index < -0.39 is 0 Å². The van der Waals surface area contributed by atoms with Crippen LogP contribution in [0.15, 0.2) is 83.3 Å². The van der Waals surface area contributed by atoms with Crippen molar-refractivity contribution in [2.24, 2.45) is 0 Å². The molecule has 2 atom stereocenters. The fourth-order valence-corrected chi connectivity index (χ4v) is 4.21. The van der Waals surface area contributed by atoms with Gasteiger partial charge in [-0.15, -0.1) is 0 Å². The molecular formula is C24H21BrN2O2. The van der Waals surface area contributed by atoms with Crippen LogP contribution in [-0.4, -0.2) is 17.9 Å². The second-order valence-corrected chi connectivity index (χ2v) is 8.14. The Morgan fingerprint density at radius 3 is 2.21 bits per heavy atom. The van der Waals surface area contributed by atoms with Gasteiger partial charge in [0.15, 0.2) is 0 Å². The van der Waals surface area contributed by atoms with Crippen molar-refractivity contribution < 1.29 is 9.59 Å². The lowest BCUT2D eigenvalue weighted by Crippen LogP contribution is -2.46. The monoisotopic (exact) mass is 448 g/mol. The van der Waals surface area contributed by atoms with Gasteiger partial charge in [0, 0.05) is 27.3 Å². The summed E-state index contributed by atoms with van der Waals surface area (Å²) in [6, 6.07) is 24.1. The molecule has 0 saturated heterocycles. The maximum Gasteiger partial charge on any atom is 0.258 e. The van der Waals surface area contributed by atoms with Gasteiger partial charge in [0.25, 0.3) is 11.8 Å². The first-order chi connectivity index (χ1) is 14.0. The zero-order chi connectivity index (χ0) is 20.4. The Balaban J connectivity index is 1.69. The number of hydrogen-bond acceptors (Lipinski definition) is 2. The molecule has 0 aromatic heterocycles. The summed E-state index contributed by atoms with van der Waals surface area (Å²) in [4.78, 5) is 27.8. The van der Waals surface area contributed by atoms with E-state index in [0.717, 1.165) is 15.7 Å². The summed E-state index contributed by atoms with van der Waals surface area (Å²) in [5.74, 6) is -0.147. The highest BCUT2D eigenvalue weighted by atomic mass is 79.9. The lowest BCUT2D eigenvalue weighted by atomic mass is 9.90. The largest absolute Gasteiger partial charge is 0.345 e. The van der Waals surface area contributed by atoms with E-state index in [1.54, 1.807) is 12.1 Å². The number of nitrogens with zero attached hydrogens (tertiary/aromatic N) is 1. The number of anilines is 1. The van der Waals surface area contributed by atoms with Crippen molar-refractivity contribution in [2.75, 3.05) is 4.90 Å². The molecule has 4 rings (SSSR count). The summed E-state index contributed by atoms with van der Waals surface area (Å²) in [6.45, 7) is 2.02. The molecule has 3 aromatic rings. The SMILES string of the molecule is CC1CC(NC(=O)c2ccccc2)c2cc(Br)ccc2N1C(=O)c1ccccc1. The van der Waals surface area contributed by atoms with Gasteiger partial charge in [0.1, 0.15) is 0 Å². The molecule has 1 aliphatic rings. The van der Waals surface area contributed by atoms with Crippen LogP contribution >= 0.6 is 15.9 Å². The first-order valence-corrected chi connectivity index (χ1v) is 10.4. The molecule has 0 fully saturated rings. The van der Waals surface area contributed by atoms with Crippen LogP contribution in [0, 0.1) is 0 Å². The Bertz CT molecular complexity index is 1040. The molecule has 2 amide bonds. The zero-order valence-electron chi connectivity index (χ0n) is 16.0. The first-order valence-electron chi connectivity index (χ1n) is 9.58. The van der Waals surface area contributed by atoms with Gasteiger partial charge < -0.3 is 10.2 Å². The predicted octanol–water partition coefficient (Wildman–Crippen LogP) is 5.36. The molecule has 1 aliphatic heterocycles. The molecule has 4 nitrogen and oxygen atoms in total. The zero-order valence-corrected chi connectivity index (χ0v) is 17.6. The maximum atomic E-state index is 13.2. The van der Waals surface area contributed by atoms with E-state index in [1.165, 1.54) is 0 Å². The summed E-state index contributed by atoms with van der Waals surface area (Å²) in [5, 5.41) is 3.15. The van der Waals surface area contributed by atoms with E-state index in [4.69, 9.17) is 0 Å². The number of benzene rings is 3. The molecule has 1 heterocycles. The molecule has 0 saturated carbocycles. The molecule has 0 bridgehead atoms. The van der Waals surface area contributed by atoms with Gasteiger partial charge in [-0.3, -0.25) is 9.59 Å². The molecule has 146 valence electrons. The van der Waals surface area contributed by atoms with Crippen LogP contribution in [-0.2, 0) is 0 Å². The van der Waals surface area contributed by atoms with Crippen molar-refractivity contribution in [3.05, 3.63) is 100 Å². The van der Waals surface area contributed by atoms with Gasteiger partial charge in [-0.2, -0.15) is 0 Å². The molecule has 29 heavy (non-hydrogen) atoms. The summed E-state index contributed by atoms with van der Waals surface area (Å²) in [7, 11) is 0. The first kappa shape index (κ1) is 19.4. The molecule has 0 aliphatic carbocycles. The van der Waals surface area contributed by atoms with Gasteiger partial charge in [0.05, 0.1) is 6.04 Å². The number of halogens is 1. The Morgan fingerprint density at radius 1 is 0.931 bits per heavy atom. The maximum absolute atomic E-state index is 13.2. The van der Waals surface area contributed by atoms with Gasteiger partial charge in [0.2, 0.25) is 0 Å². The fourth-order valence-electron chi connectivity index (χ4n) is 3.83. The lowest BCUT2D eigenvalue weighted by Gasteiger charge is -2.39. The molecule has 3 aromatic carbocycles. The van der Waals surface area contributed by atoms with Crippen LogP contribution in [0.25, 0.3) is 0 Å². The number of amides is 2. The Labute approximate surface area is 178 Å². The highest BCUT2D eigenvalue weighted by Gasteiger charge is 2.35. The highest BCUT2D eigenvalue weighted by Crippen LogP contribution is 2.39. The molecule has 5 heteroatoms. The minimum atomic E-state index is -0.176. The third kappa shape index (κ3) is 3.96. The molecule has 0 spiro atoms. The number of hydrogen-bond donors (Lipinski definition) is 1. The normalized spacial score (nSPS) is 18.1. The average molecular weight is 449 g/mol. The topological polar surface area (TPSA) is 49.4 Å². The third-order valence-corrected chi connectivity index (χ3v) is 5.72. The lowest BCUT2D eigenvalue weighted by molar-refractivity contribution is 0.0929. The van der Waals surface area contributed by atoms with E-state index in [0.29, 0.717) is 17.5 Å². The number of fused-ring (bicyclic) bond motifs is 1. The highest BCUT2D eigenvalue weighted by molar-refractivity contribution is 9.10. The van der Waals surface area contributed by atoms with E-state index in [9.17, 15) is 9.59 Å². The number of carbonyl (C=O) groups is 2. The summed E-state index contributed by atoms with van der Waals surface area (Å²) >= 11 is 3.53. The van der Waals surface area contributed by atoms with E-state index in [-0.39, 0.29) is 23.9 Å². The Hall–Kier alpha value is -2.92. The Morgan fingerprint density at radius 2 is 1.55 bits per heavy atom. The quantitative estimate of drug-likeness (QED) is 0.586. The number of carbonyl (C=O) groups excluding carboxylic acids is 2. The summed E-state index contributed by atoms with van der Waals surface area (Å²) in [5.41, 5.74) is 3.05. The van der Waals surface area contributed by atoms with Crippen LogP contribution in [0.1, 0.15) is 45.7 Å². The fraction of sp³-hybridized carbons (Fsp3) is 0.167. The smallest absolute Gasteiger partial charge is 0.258 e. The van der Waals surface area contributed by atoms with E-state index in [2.05, 4.69) is 21.2 Å². The van der Waals surface area contributed by atoms with E-state index >= 15 is 0 Å². The minimum Gasteiger partial charge on any atom is -0.345 e. The van der Waals surface area contributed by atoms with Gasteiger partial charge in [-0.25, -0.2) is 0 Å². The van der Waals surface area contributed by atoms with Gasteiger partial charge in [-0.05, 0) is 61.4 Å². The summed E-state index contributed by atoms with van der Waals surface area (Å²) < 4.78 is 0.914. The van der Waals surface area contributed by atoms with Crippen molar-refractivity contribution in [3.63, 3.8) is 0 Å². The number of rotatable bonds is 3. The molecule has 1 N–H and O–H groups in total. The Kier molecular flexibility index (Phi) is 5.49. The predicted molar refractivity (Wildman–Crippen MR) is 118 cm³/mol. The summed E-state index contributed by atoms with van der Waals surface area (Å²) in [6.07, 6.45) is 0.639. The number of nitrogens with one attached hydrogen (secondary N) is 1. The third-order valence-electron chi connectivity index (χ3n) is 5.22. The minimum absolute atomic E-state index is 0.0329. The second kappa shape index (κ2) is 8.21. The van der Waals surface area contributed by atoms with E-state index in [1.807, 2.05) is 78.6 Å². The standard InChI is InChI=1S/C24H21BrN2O2/c1-16-14-21(26-23(28)17-8-4-2-5-9-17)20-15-19(25)12-13-22(20)27(16)24(29)18-10-6-3-7-11-18/h2-13,15-16,21H,14H2,1H3,(H,26,28). The van der Waals surface area contributed by atoms with Crippen molar-refractivity contribution >= 4 is 33.4 Å². The van der Waals surface area contributed by atoms with Crippen molar-refractivity contribution in [3.8, 4) is 0 Å². The van der Waals surface area contributed by atoms with Gasteiger partial charge >= 0.3 is 0 Å². The van der Waals surface area contributed by atoms with Crippen LogP contribution in [0.5, 0.6) is 0 Å². The average Bonchev–Trinajstić information content (AvgIpc) is 2.75. The van der Waals surface area contributed by atoms with Crippen molar-refractivity contribution in [2.45, 2.75) is 25.4 Å². The van der Waals surface area contributed by atoms with Crippen LogP contribution in [0.4, 0.5) is 5.69 Å². The molecule has 0 radical (unpaired) electrons. The van der Waals surface area contributed by atoms with Crippen LogP contribution in [0.3, 0.4) is 0 Å². The second-order valence-electron chi connectivity index (χ2n) is 7.22. The van der Waals surface area contributed by atoms with Gasteiger partial charge in [-0.1, -0.05) is 52.3 Å². The van der Waals surface area contributed by atoms with Crippen molar-refractivity contribution in [1.29, 1.82) is 0 Å². The van der Waals surface area contributed by atoms with Crippen LogP contribution in [0.2, 0.25) is 0 Å². The van der Waals surface area contributed by atoms with Crippen molar-refractivity contribution in [1.82, 2.24) is 5.32 Å². The van der Waals surface area contributed by atoms with Crippen LogP contribution < -0.4 is 10.2 Å².